The molecule has 0 unspecified atom stereocenters. The third-order valence-electron chi connectivity index (χ3n) is 3.25. The zero-order chi connectivity index (χ0) is 16.2. The fourth-order valence-electron chi connectivity index (χ4n) is 2.10. The van der Waals surface area contributed by atoms with Gasteiger partial charge in [0.1, 0.15) is 5.82 Å². The van der Waals surface area contributed by atoms with Crippen LogP contribution in [0, 0.1) is 31.5 Å². The van der Waals surface area contributed by atoms with Crippen LogP contribution in [0.3, 0.4) is 0 Å². The van der Waals surface area contributed by atoms with Crippen LogP contribution in [0.15, 0.2) is 0 Å². The number of ether oxygens (including phenoxy) is 1. The molecule has 1 fully saturated rings. The molecule has 0 spiro atoms. The molecule has 1 saturated carbocycles. The van der Waals surface area contributed by atoms with E-state index < -0.39 is 17.9 Å². The van der Waals surface area contributed by atoms with E-state index in [2.05, 4.69) is 9.97 Å². The van der Waals surface area contributed by atoms with E-state index in [1.165, 1.54) is 6.92 Å². The summed E-state index contributed by atoms with van der Waals surface area (Å²) in [7, 11) is 0. The van der Waals surface area contributed by atoms with Crippen molar-refractivity contribution in [3.05, 3.63) is 17.3 Å². The summed E-state index contributed by atoms with van der Waals surface area (Å²) in [4.78, 5) is 7.63. The van der Waals surface area contributed by atoms with Crippen LogP contribution in [0.1, 0.15) is 38.2 Å². The summed E-state index contributed by atoms with van der Waals surface area (Å²) in [6, 6.07) is 0. The number of hydrogen-bond acceptors (Lipinski definition) is 3. The molecule has 2 rings (SSSR count). The number of halogens is 4. The molecule has 0 amide bonds. The van der Waals surface area contributed by atoms with Gasteiger partial charge >= 0.3 is 6.18 Å². The molecule has 0 radical (unpaired) electrons. The third kappa shape index (κ3) is 4.54. The summed E-state index contributed by atoms with van der Waals surface area (Å²) in [5, 5.41) is 0. The normalized spacial score (nSPS) is 21.1. The molecule has 1 aliphatic rings. The van der Waals surface area contributed by atoms with Crippen molar-refractivity contribution in [2.24, 2.45) is 11.8 Å². The number of alkyl halides is 3. The molecular weight excluding hydrogens is 288 g/mol. The van der Waals surface area contributed by atoms with Gasteiger partial charge in [0.15, 0.2) is 0 Å². The van der Waals surface area contributed by atoms with E-state index in [1.807, 2.05) is 13.8 Å². The lowest BCUT2D eigenvalue weighted by Gasteiger charge is -2.36. The first kappa shape index (κ1) is 17.7. The van der Waals surface area contributed by atoms with Crippen LogP contribution in [-0.4, -0.2) is 22.8 Å². The molecule has 1 aliphatic carbocycles. The first-order valence-electron chi connectivity index (χ1n) is 6.97. The van der Waals surface area contributed by atoms with Gasteiger partial charge in [0.2, 0.25) is 5.82 Å². The van der Waals surface area contributed by atoms with Gasteiger partial charge in [-0.2, -0.15) is 22.5 Å². The van der Waals surface area contributed by atoms with E-state index in [4.69, 9.17) is 4.74 Å². The molecule has 120 valence electrons. The van der Waals surface area contributed by atoms with Crippen molar-refractivity contribution in [1.82, 2.24) is 9.97 Å². The van der Waals surface area contributed by atoms with Crippen LogP contribution in [-0.2, 0) is 0 Å². The minimum Gasteiger partial charge on any atom is -0.475 e. The van der Waals surface area contributed by atoms with Crippen LogP contribution in [0.5, 0.6) is 5.88 Å². The SMILES string of the molecule is CC.Cc1nc(C)c(F)c(OCC2CC(C(F)(F)F)C2)n1. The van der Waals surface area contributed by atoms with Crippen molar-refractivity contribution < 1.29 is 22.3 Å². The Morgan fingerprint density at radius 2 is 1.71 bits per heavy atom. The summed E-state index contributed by atoms with van der Waals surface area (Å²) in [6.45, 7) is 7.14. The zero-order valence-corrected chi connectivity index (χ0v) is 12.6. The Labute approximate surface area is 121 Å². The summed E-state index contributed by atoms with van der Waals surface area (Å²) in [6.07, 6.45) is -4.06. The molecule has 7 heteroatoms. The number of aryl methyl sites for hydroxylation is 2. The second-order valence-corrected chi connectivity index (χ2v) is 4.86. The smallest absolute Gasteiger partial charge is 0.391 e. The van der Waals surface area contributed by atoms with Crippen molar-refractivity contribution in [2.75, 3.05) is 6.61 Å². The van der Waals surface area contributed by atoms with Gasteiger partial charge in [0, 0.05) is 0 Å². The van der Waals surface area contributed by atoms with Gasteiger partial charge in [-0.05, 0) is 32.6 Å². The first-order chi connectivity index (χ1) is 9.77. The van der Waals surface area contributed by atoms with Gasteiger partial charge in [0.05, 0.1) is 18.2 Å². The maximum absolute atomic E-state index is 13.6. The maximum Gasteiger partial charge on any atom is 0.391 e. The minimum atomic E-state index is -4.14. The van der Waals surface area contributed by atoms with Crippen LogP contribution in [0.4, 0.5) is 17.6 Å². The van der Waals surface area contributed by atoms with E-state index in [0.29, 0.717) is 5.82 Å². The highest BCUT2D eigenvalue weighted by molar-refractivity contribution is 5.18. The van der Waals surface area contributed by atoms with Crippen molar-refractivity contribution in [3.63, 3.8) is 0 Å². The number of rotatable bonds is 3. The highest BCUT2D eigenvalue weighted by Crippen LogP contribution is 2.44. The van der Waals surface area contributed by atoms with Gasteiger partial charge in [-0.15, -0.1) is 0 Å². The second kappa shape index (κ2) is 7.04. The van der Waals surface area contributed by atoms with Crippen LogP contribution in [0.25, 0.3) is 0 Å². The molecule has 1 aromatic rings. The highest BCUT2D eigenvalue weighted by atomic mass is 19.4. The molecule has 0 bridgehead atoms. The molecule has 3 nitrogen and oxygen atoms in total. The van der Waals surface area contributed by atoms with Gasteiger partial charge < -0.3 is 4.74 Å². The van der Waals surface area contributed by atoms with E-state index in [0.717, 1.165) is 0 Å². The lowest BCUT2D eigenvalue weighted by Crippen LogP contribution is -2.38. The molecule has 1 heterocycles. The monoisotopic (exact) mass is 308 g/mol. The quantitative estimate of drug-likeness (QED) is 0.784. The Kier molecular flexibility index (Phi) is 5.92. The summed E-state index contributed by atoms with van der Waals surface area (Å²) < 4.78 is 55.6. The Bertz CT molecular complexity index is 471. The largest absolute Gasteiger partial charge is 0.475 e. The molecule has 0 saturated heterocycles. The first-order valence-corrected chi connectivity index (χ1v) is 6.97. The van der Waals surface area contributed by atoms with Crippen molar-refractivity contribution in [1.29, 1.82) is 0 Å². The Hall–Kier alpha value is -1.40. The predicted molar refractivity (Wildman–Crippen MR) is 70.6 cm³/mol. The van der Waals surface area contributed by atoms with Crippen LogP contribution in [0.2, 0.25) is 0 Å². The Morgan fingerprint density at radius 1 is 1.14 bits per heavy atom. The molecule has 0 aliphatic heterocycles. The summed E-state index contributed by atoms with van der Waals surface area (Å²) >= 11 is 0. The number of aromatic nitrogens is 2. The maximum atomic E-state index is 13.6. The zero-order valence-electron chi connectivity index (χ0n) is 12.6. The van der Waals surface area contributed by atoms with Gasteiger partial charge in [-0.25, -0.2) is 4.98 Å². The average molecular weight is 308 g/mol. The molecule has 21 heavy (non-hydrogen) atoms. The predicted octanol–water partition coefficient (Wildman–Crippen LogP) is 4.23. The van der Waals surface area contributed by atoms with Crippen molar-refractivity contribution in [2.45, 2.75) is 46.7 Å². The average Bonchev–Trinajstić information content (AvgIpc) is 2.33. The molecule has 0 N–H and O–H groups in total. The van der Waals surface area contributed by atoms with E-state index in [-0.39, 0.29) is 36.9 Å². The fourth-order valence-corrected chi connectivity index (χ4v) is 2.10. The van der Waals surface area contributed by atoms with E-state index in [9.17, 15) is 17.6 Å². The van der Waals surface area contributed by atoms with E-state index in [1.54, 1.807) is 6.92 Å². The van der Waals surface area contributed by atoms with Crippen molar-refractivity contribution >= 4 is 0 Å². The molecule has 0 atom stereocenters. The lowest BCUT2D eigenvalue weighted by atomic mass is 9.75. The Morgan fingerprint density at radius 3 is 2.24 bits per heavy atom. The van der Waals surface area contributed by atoms with E-state index >= 15 is 0 Å². The molecular formula is C14H20F4N2O. The summed E-state index contributed by atoms with van der Waals surface area (Å²) in [5.74, 6) is -1.91. The van der Waals surface area contributed by atoms with Gasteiger partial charge in [-0.1, -0.05) is 13.8 Å². The van der Waals surface area contributed by atoms with Gasteiger partial charge in [-0.3, -0.25) is 0 Å². The third-order valence-corrected chi connectivity index (χ3v) is 3.25. The molecule has 0 aromatic carbocycles. The molecule has 1 aromatic heterocycles. The standard InChI is InChI=1S/C12H14F4N2O.C2H6/c1-6-10(13)11(18-7(2)17-6)19-5-8-3-9(4-8)12(14,15)16;1-2/h8-9H,3-5H2,1-2H3;1-2H3. The summed E-state index contributed by atoms with van der Waals surface area (Å²) in [5.41, 5.74) is 0.171. The topological polar surface area (TPSA) is 35.0 Å². The highest BCUT2D eigenvalue weighted by Gasteiger charge is 2.47. The van der Waals surface area contributed by atoms with Crippen LogP contribution >= 0.6 is 0 Å². The second-order valence-electron chi connectivity index (χ2n) is 4.86. The lowest BCUT2D eigenvalue weighted by molar-refractivity contribution is -0.206. The number of hydrogen-bond donors (Lipinski definition) is 0. The van der Waals surface area contributed by atoms with Crippen molar-refractivity contribution in [3.8, 4) is 5.88 Å². The fraction of sp³-hybridized carbons (Fsp3) is 0.714. The Balaban J connectivity index is 0.00000106. The van der Waals surface area contributed by atoms with Crippen LogP contribution < -0.4 is 4.74 Å². The number of nitrogens with zero attached hydrogens (tertiary/aromatic N) is 2. The van der Waals surface area contributed by atoms with Gasteiger partial charge in [0.25, 0.3) is 5.88 Å². The minimum absolute atomic E-state index is 0.0359.